The molecule has 2 rings (SSSR count). The summed E-state index contributed by atoms with van der Waals surface area (Å²) in [7, 11) is 0. The first-order valence-corrected chi connectivity index (χ1v) is 7.26. The van der Waals surface area contributed by atoms with Gasteiger partial charge < -0.3 is 16.8 Å². The zero-order chi connectivity index (χ0) is 15.2. The fraction of sp³-hybridized carbons (Fsp3) is 0.267. The van der Waals surface area contributed by atoms with Crippen molar-refractivity contribution in [3.63, 3.8) is 0 Å². The third-order valence-corrected chi connectivity index (χ3v) is 3.44. The van der Waals surface area contributed by atoms with Crippen LogP contribution in [0.4, 0.5) is 11.6 Å². The van der Waals surface area contributed by atoms with Gasteiger partial charge in [0.15, 0.2) is 0 Å². The summed E-state index contributed by atoms with van der Waals surface area (Å²) in [5.74, 6) is 0.256. The highest BCUT2D eigenvalue weighted by molar-refractivity contribution is 7.80. The predicted octanol–water partition coefficient (Wildman–Crippen LogP) is 2.59. The Labute approximate surface area is 129 Å². The third kappa shape index (κ3) is 4.21. The molecule has 0 radical (unpaired) electrons. The third-order valence-electron chi connectivity index (χ3n) is 3.04. The maximum Gasteiger partial charge on any atom is 0.220 e. The van der Waals surface area contributed by atoms with Gasteiger partial charge in [0.2, 0.25) is 5.95 Å². The van der Waals surface area contributed by atoms with Gasteiger partial charge in [-0.25, -0.2) is 9.97 Å². The first-order valence-electron chi connectivity index (χ1n) is 6.85. The van der Waals surface area contributed by atoms with Gasteiger partial charge in [0.1, 0.15) is 0 Å². The average Bonchev–Trinajstić information content (AvgIpc) is 2.48. The lowest BCUT2D eigenvalue weighted by Gasteiger charge is -2.15. The standard InChI is InChI=1S/C15H19N5S/c1-2-4-12(16)14(21)19-11-6-3-5-10(9-11)13-7-8-18-15(17)20-13/h3,5-9,12H,2,4,16H2,1H3,(H,19,21)(H2,17,18,20). The molecule has 0 spiro atoms. The van der Waals surface area contributed by atoms with Crippen molar-refractivity contribution in [2.24, 2.45) is 5.73 Å². The van der Waals surface area contributed by atoms with Crippen molar-refractivity contribution in [2.75, 3.05) is 11.1 Å². The summed E-state index contributed by atoms with van der Waals surface area (Å²) < 4.78 is 0. The number of anilines is 2. The molecule has 1 unspecified atom stereocenters. The summed E-state index contributed by atoms with van der Waals surface area (Å²) >= 11 is 5.32. The van der Waals surface area contributed by atoms with E-state index in [1.807, 2.05) is 30.3 Å². The van der Waals surface area contributed by atoms with E-state index in [9.17, 15) is 0 Å². The van der Waals surface area contributed by atoms with Crippen molar-refractivity contribution in [1.29, 1.82) is 0 Å². The molecule has 0 fully saturated rings. The Balaban J connectivity index is 2.16. The lowest BCUT2D eigenvalue weighted by atomic mass is 10.1. The second kappa shape index (κ2) is 7.10. The topological polar surface area (TPSA) is 89.8 Å². The van der Waals surface area contributed by atoms with Crippen LogP contribution in [-0.2, 0) is 0 Å². The number of aromatic nitrogens is 2. The summed E-state index contributed by atoms with van der Waals surface area (Å²) in [5.41, 5.74) is 14.2. The Morgan fingerprint density at radius 3 is 2.90 bits per heavy atom. The predicted molar refractivity (Wildman–Crippen MR) is 91.0 cm³/mol. The molecule has 110 valence electrons. The van der Waals surface area contributed by atoms with E-state index in [1.54, 1.807) is 6.20 Å². The van der Waals surface area contributed by atoms with Crippen molar-refractivity contribution in [1.82, 2.24) is 9.97 Å². The SMILES string of the molecule is CCCC(N)C(=S)Nc1cccc(-c2ccnc(N)n2)c1. The lowest BCUT2D eigenvalue weighted by molar-refractivity contribution is 0.736. The Kier molecular flexibility index (Phi) is 5.19. The van der Waals surface area contributed by atoms with E-state index in [1.165, 1.54) is 0 Å². The first kappa shape index (κ1) is 15.3. The lowest BCUT2D eigenvalue weighted by Crippen LogP contribution is -2.33. The molecule has 5 N–H and O–H groups in total. The second-order valence-corrected chi connectivity index (χ2v) is 5.21. The summed E-state index contributed by atoms with van der Waals surface area (Å²) in [5, 5.41) is 3.18. The van der Waals surface area contributed by atoms with Crippen LogP contribution in [0, 0.1) is 0 Å². The van der Waals surface area contributed by atoms with Crippen LogP contribution in [0.3, 0.4) is 0 Å². The van der Waals surface area contributed by atoms with E-state index < -0.39 is 0 Å². The van der Waals surface area contributed by atoms with Crippen molar-refractivity contribution in [3.05, 3.63) is 36.5 Å². The van der Waals surface area contributed by atoms with Crippen LogP contribution in [0.1, 0.15) is 19.8 Å². The quantitative estimate of drug-likeness (QED) is 0.735. The van der Waals surface area contributed by atoms with E-state index in [4.69, 9.17) is 23.7 Å². The molecular formula is C15H19N5S. The Morgan fingerprint density at radius 1 is 1.38 bits per heavy atom. The smallest absolute Gasteiger partial charge is 0.220 e. The molecule has 0 amide bonds. The number of nitrogens with zero attached hydrogens (tertiary/aromatic N) is 2. The highest BCUT2D eigenvalue weighted by atomic mass is 32.1. The van der Waals surface area contributed by atoms with E-state index >= 15 is 0 Å². The van der Waals surface area contributed by atoms with Crippen LogP contribution in [0.5, 0.6) is 0 Å². The maximum atomic E-state index is 6.00. The molecule has 0 saturated carbocycles. The molecule has 6 heteroatoms. The minimum Gasteiger partial charge on any atom is -0.368 e. The molecule has 2 aromatic rings. The highest BCUT2D eigenvalue weighted by Gasteiger charge is 2.09. The fourth-order valence-corrected chi connectivity index (χ4v) is 2.20. The minimum atomic E-state index is -0.122. The van der Waals surface area contributed by atoms with Crippen molar-refractivity contribution >= 4 is 28.8 Å². The molecule has 1 atom stereocenters. The molecule has 5 nitrogen and oxygen atoms in total. The number of hydrogen-bond donors (Lipinski definition) is 3. The second-order valence-electron chi connectivity index (χ2n) is 4.77. The number of thiocarbonyl (C=S) groups is 1. The number of rotatable bonds is 5. The van der Waals surface area contributed by atoms with Crippen molar-refractivity contribution < 1.29 is 0 Å². The monoisotopic (exact) mass is 301 g/mol. The van der Waals surface area contributed by atoms with Gasteiger partial charge in [-0.05, 0) is 24.6 Å². The van der Waals surface area contributed by atoms with Gasteiger partial charge in [-0.1, -0.05) is 37.7 Å². The van der Waals surface area contributed by atoms with Gasteiger partial charge in [-0.2, -0.15) is 0 Å². The van der Waals surface area contributed by atoms with Crippen molar-refractivity contribution in [3.8, 4) is 11.3 Å². The first-order chi connectivity index (χ1) is 10.1. The summed E-state index contributed by atoms with van der Waals surface area (Å²) in [6.45, 7) is 2.09. The molecule has 0 aliphatic rings. The van der Waals surface area contributed by atoms with Gasteiger partial charge in [-0.15, -0.1) is 0 Å². The van der Waals surface area contributed by atoms with Gasteiger partial charge in [0.05, 0.1) is 16.7 Å². The molecule has 0 aliphatic carbocycles. The van der Waals surface area contributed by atoms with E-state index in [0.717, 1.165) is 29.8 Å². The molecular weight excluding hydrogens is 282 g/mol. The van der Waals surface area contributed by atoms with Gasteiger partial charge in [-0.3, -0.25) is 0 Å². The number of nitrogens with two attached hydrogens (primary N) is 2. The fourth-order valence-electron chi connectivity index (χ4n) is 1.97. The highest BCUT2D eigenvalue weighted by Crippen LogP contribution is 2.21. The Hall–Kier alpha value is -2.05. The number of nitrogens with one attached hydrogen (secondary N) is 1. The van der Waals surface area contributed by atoms with Crippen LogP contribution in [0.2, 0.25) is 0 Å². The zero-order valence-electron chi connectivity index (χ0n) is 11.9. The normalized spacial score (nSPS) is 11.9. The molecule has 1 aromatic heterocycles. The molecule has 21 heavy (non-hydrogen) atoms. The maximum absolute atomic E-state index is 6.00. The number of hydrogen-bond acceptors (Lipinski definition) is 5. The van der Waals surface area contributed by atoms with Crippen LogP contribution in [0.25, 0.3) is 11.3 Å². The average molecular weight is 301 g/mol. The van der Waals surface area contributed by atoms with Crippen LogP contribution >= 0.6 is 12.2 Å². The van der Waals surface area contributed by atoms with Crippen LogP contribution < -0.4 is 16.8 Å². The van der Waals surface area contributed by atoms with Gasteiger partial charge >= 0.3 is 0 Å². The van der Waals surface area contributed by atoms with E-state index in [-0.39, 0.29) is 12.0 Å². The molecule has 1 heterocycles. The Bertz CT molecular complexity index is 629. The molecule has 1 aromatic carbocycles. The molecule has 0 bridgehead atoms. The van der Waals surface area contributed by atoms with Gasteiger partial charge in [0, 0.05) is 17.4 Å². The summed E-state index contributed by atoms with van der Waals surface area (Å²) in [6, 6.07) is 9.50. The largest absolute Gasteiger partial charge is 0.368 e. The van der Waals surface area contributed by atoms with E-state index in [2.05, 4.69) is 22.2 Å². The molecule has 0 saturated heterocycles. The summed E-state index contributed by atoms with van der Waals surface area (Å²) in [4.78, 5) is 8.75. The minimum absolute atomic E-state index is 0.122. The van der Waals surface area contributed by atoms with E-state index in [0.29, 0.717) is 4.99 Å². The van der Waals surface area contributed by atoms with Crippen molar-refractivity contribution in [2.45, 2.75) is 25.8 Å². The van der Waals surface area contributed by atoms with Gasteiger partial charge in [0.25, 0.3) is 0 Å². The molecule has 0 aliphatic heterocycles. The Morgan fingerprint density at radius 2 is 2.19 bits per heavy atom. The van der Waals surface area contributed by atoms with Crippen LogP contribution in [-0.4, -0.2) is 21.0 Å². The zero-order valence-corrected chi connectivity index (χ0v) is 12.7. The number of nitrogen functional groups attached to an aromatic ring is 1. The number of benzene rings is 1. The van der Waals surface area contributed by atoms with Crippen LogP contribution in [0.15, 0.2) is 36.5 Å². The summed E-state index contributed by atoms with van der Waals surface area (Å²) in [6.07, 6.45) is 3.51.